The first-order valence-electron chi connectivity index (χ1n) is 10.9. The van der Waals surface area contributed by atoms with E-state index in [9.17, 15) is 9.59 Å². The fraction of sp³-hybridized carbons (Fsp3) is 0.417. The van der Waals surface area contributed by atoms with Gasteiger partial charge in [0.25, 0.3) is 0 Å². The van der Waals surface area contributed by atoms with Crippen LogP contribution in [0, 0.1) is 0 Å². The molecule has 1 saturated heterocycles. The van der Waals surface area contributed by atoms with Crippen molar-refractivity contribution < 1.29 is 14.5 Å². The van der Waals surface area contributed by atoms with Crippen LogP contribution in [-0.4, -0.2) is 49.6 Å². The molecule has 0 spiro atoms. The number of nitrogens with one attached hydrogen (secondary N) is 2. The van der Waals surface area contributed by atoms with E-state index < -0.39 is 6.03 Å². The van der Waals surface area contributed by atoms with Crippen molar-refractivity contribution in [3.8, 4) is 0 Å². The average Bonchev–Trinajstić information content (AvgIpc) is 2.78. The topological polar surface area (TPSA) is 79.9 Å². The molecule has 0 unspecified atom stereocenters. The Balaban J connectivity index is 1.50. The van der Waals surface area contributed by atoms with Crippen molar-refractivity contribution in [1.29, 1.82) is 0 Å². The molecular formula is C24H33N4O2+. The number of urea groups is 1. The zero-order chi connectivity index (χ0) is 21.2. The minimum Gasteiger partial charge on any atom is -0.352 e. The van der Waals surface area contributed by atoms with Crippen LogP contribution in [0.15, 0.2) is 60.7 Å². The van der Waals surface area contributed by atoms with Crippen molar-refractivity contribution in [3.05, 3.63) is 71.8 Å². The highest BCUT2D eigenvalue weighted by Gasteiger charge is 2.31. The highest BCUT2D eigenvalue weighted by Crippen LogP contribution is 2.19. The highest BCUT2D eigenvalue weighted by molar-refractivity contribution is 5.76. The van der Waals surface area contributed by atoms with Crippen LogP contribution in [0.3, 0.4) is 0 Å². The Bertz CT molecular complexity index is 750. The number of benzene rings is 2. The van der Waals surface area contributed by atoms with E-state index in [0.717, 1.165) is 45.4 Å². The van der Waals surface area contributed by atoms with Crippen LogP contribution in [-0.2, 0) is 4.79 Å². The molecule has 2 aromatic rings. The third-order valence-electron chi connectivity index (χ3n) is 5.80. The molecule has 0 saturated carbocycles. The molecule has 0 aromatic heterocycles. The van der Waals surface area contributed by atoms with E-state index in [2.05, 4.69) is 66.0 Å². The molecule has 0 radical (unpaired) electrons. The monoisotopic (exact) mass is 409 g/mol. The Kier molecular flexibility index (Phi) is 8.27. The summed E-state index contributed by atoms with van der Waals surface area (Å²) >= 11 is 0. The largest absolute Gasteiger partial charge is 0.352 e. The number of piperazine rings is 1. The Morgan fingerprint density at radius 2 is 1.47 bits per heavy atom. The zero-order valence-electron chi connectivity index (χ0n) is 17.6. The number of quaternary nitrogens is 1. The quantitative estimate of drug-likeness (QED) is 0.552. The predicted molar refractivity (Wildman–Crippen MR) is 118 cm³/mol. The van der Waals surface area contributed by atoms with Crippen molar-refractivity contribution in [2.45, 2.75) is 31.7 Å². The molecule has 2 aromatic carbocycles. The fourth-order valence-corrected chi connectivity index (χ4v) is 4.23. The van der Waals surface area contributed by atoms with E-state index in [1.165, 1.54) is 16.0 Å². The highest BCUT2D eigenvalue weighted by atomic mass is 16.2. The molecule has 3 rings (SSSR count). The maximum Gasteiger partial charge on any atom is 0.312 e. The Morgan fingerprint density at radius 3 is 2.00 bits per heavy atom. The van der Waals surface area contributed by atoms with Crippen LogP contribution in [0.2, 0.25) is 0 Å². The number of carbonyl (C=O) groups excluding carboxylic acids is 2. The van der Waals surface area contributed by atoms with Crippen molar-refractivity contribution >= 4 is 11.9 Å². The van der Waals surface area contributed by atoms with Crippen LogP contribution in [0.25, 0.3) is 0 Å². The van der Waals surface area contributed by atoms with E-state index in [1.54, 1.807) is 0 Å². The minimum atomic E-state index is -0.490. The van der Waals surface area contributed by atoms with Crippen molar-refractivity contribution in [3.63, 3.8) is 0 Å². The molecule has 3 amide bonds. The normalized spacial score (nSPS) is 14.6. The second-order valence-corrected chi connectivity index (χ2v) is 7.90. The standard InChI is InChI=1S/C24H32N4O2/c25-24(30)26-15-9-3-8-14-22(29)27-16-18-28(19-17-27)23(20-10-4-1-5-11-20)21-12-6-2-7-13-21/h1-2,4-7,10-13,23H,3,8-9,14-19H2,(H3,25,26,30)/p+1. The molecule has 160 valence electrons. The Labute approximate surface area is 179 Å². The van der Waals surface area contributed by atoms with E-state index in [1.807, 2.05) is 4.90 Å². The lowest BCUT2D eigenvalue weighted by Crippen LogP contribution is -3.15. The van der Waals surface area contributed by atoms with Gasteiger partial charge < -0.3 is 20.9 Å². The molecule has 6 heteroatoms. The summed E-state index contributed by atoms with van der Waals surface area (Å²) in [4.78, 5) is 26.8. The number of amides is 3. The van der Waals surface area contributed by atoms with Crippen molar-refractivity contribution in [2.75, 3.05) is 32.7 Å². The predicted octanol–water partition coefficient (Wildman–Crippen LogP) is 1.73. The second-order valence-electron chi connectivity index (χ2n) is 7.90. The number of unbranched alkanes of at least 4 members (excludes halogenated alkanes) is 2. The number of nitrogens with zero attached hydrogens (tertiary/aromatic N) is 1. The first-order valence-corrected chi connectivity index (χ1v) is 10.9. The summed E-state index contributed by atoms with van der Waals surface area (Å²) < 4.78 is 0. The van der Waals surface area contributed by atoms with Gasteiger partial charge in [-0.25, -0.2) is 4.79 Å². The van der Waals surface area contributed by atoms with Gasteiger partial charge in [0.2, 0.25) is 5.91 Å². The van der Waals surface area contributed by atoms with Gasteiger partial charge in [-0.2, -0.15) is 0 Å². The van der Waals surface area contributed by atoms with Gasteiger partial charge in [0.05, 0.1) is 26.2 Å². The summed E-state index contributed by atoms with van der Waals surface area (Å²) in [5, 5.41) is 2.58. The summed E-state index contributed by atoms with van der Waals surface area (Å²) in [6, 6.07) is 21.1. The van der Waals surface area contributed by atoms with E-state index >= 15 is 0 Å². The Hall–Kier alpha value is -2.86. The van der Waals surface area contributed by atoms with Gasteiger partial charge in [-0.05, 0) is 12.8 Å². The SMILES string of the molecule is NC(=O)NCCCCCC(=O)N1CC[NH+](C(c2ccccc2)c2ccccc2)CC1. The maximum atomic E-state index is 12.6. The molecule has 4 N–H and O–H groups in total. The zero-order valence-corrected chi connectivity index (χ0v) is 17.6. The molecule has 0 bridgehead atoms. The first kappa shape index (κ1) is 21.8. The van der Waals surface area contributed by atoms with E-state index in [4.69, 9.17) is 5.73 Å². The number of nitrogens with two attached hydrogens (primary N) is 1. The van der Waals surface area contributed by atoms with Crippen LogP contribution in [0.5, 0.6) is 0 Å². The van der Waals surface area contributed by atoms with Gasteiger partial charge in [0.15, 0.2) is 0 Å². The van der Waals surface area contributed by atoms with Crippen molar-refractivity contribution in [2.24, 2.45) is 5.73 Å². The van der Waals surface area contributed by atoms with E-state index in [-0.39, 0.29) is 5.91 Å². The number of primary amides is 1. The Morgan fingerprint density at radius 1 is 0.900 bits per heavy atom. The summed E-state index contributed by atoms with van der Waals surface area (Å²) in [7, 11) is 0. The molecule has 1 aliphatic rings. The van der Waals surface area contributed by atoms with Gasteiger partial charge >= 0.3 is 6.03 Å². The third-order valence-corrected chi connectivity index (χ3v) is 5.80. The second kappa shape index (κ2) is 11.4. The summed E-state index contributed by atoms with van der Waals surface area (Å²) in [5.41, 5.74) is 7.69. The lowest BCUT2D eigenvalue weighted by molar-refractivity contribution is -0.929. The molecular weight excluding hydrogens is 376 g/mol. The van der Waals surface area contributed by atoms with Crippen LogP contribution in [0.4, 0.5) is 4.79 Å². The third kappa shape index (κ3) is 6.32. The number of rotatable bonds is 9. The lowest BCUT2D eigenvalue weighted by atomic mass is 9.96. The van der Waals surface area contributed by atoms with Gasteiger partial charge in [-0.15, -0.1) is 0 Å². The summed E-state index contributed by atoms with van der Waals surface area (Å²) in [5.74, 6) is 0.243. The molecule has 1 fully saturated rings. The molecule has 1 heterocycles. The number of hydrogen-bond donors (Lipinski definition) is 3. The van der Waals surface area contributed by atoms with Gasteiger partial charge in [-0.1, -0.05) is 67.1 Å². The molecule has 6 nitrogen and oxygen atoms in total. The minimum absolute atomic E-state index is 0.243. The first-order chi connectivity index (χ1) is 14.6. The summed E-state index contributed by atoms with van der Waals surface area (Å²) in [6.45, 7) is 4.07. The average molecular weight is 410 g/mol. The lowest BCUT2D eigenvalue weighted by Gasteiger charge is -2.37. The van der Waals surface area contributed by atoms with Crippen LogP contribution in [0.1, 0.15) is 42.9 Å². The van der Waals surface area contributed by atoms with Crippen LogP contribution < -0.4 is 16.0 Å². The van der Waals surface area contributed by atoms with Gasteiger partial charge in [0, 0.05) is 24.1 Å². The fourth-order valence-electron chi connectivity index (χ4n) is 4.23. The molecule has 1 aliphatic heterocycles. The van der Waals surface area contributed by atoms with Gasteiger partial charge in [-0.3, -0.25) is 4.79 Å². The molecule has 0 aliphatic carbocycles. The van der Waals surface area contributed by atoms with E-state index in [0.29, 0.717) is 19.0 Å². The molecule has 30 heavy (non-hydrogen) atoms. The summed E-state index contributed by atoms with van der Waals surface area (Å²) in [6.07, 6.45) is 3.20. The van der Waals surface area contributed by atoms with Gasteiger partial charge in [0.1, 0.15) is 6.04 Å². The number of carbonyl (C=O) groups is 2. The maximum absolute atomic E-state index is 12.6. The van der Waals surface area contributed by atoms with Crippen molar-refractivity contribution in [1.82, 2.24) is 10.2 Å². The number of hydrogen-bond acceptors (Lipinski definition) is 2. The van der Waals surface area contributed by atoms with Crippen LogP contribution >= 0.6 is 0 Å². The molecule has 0 atom stereocenters. The smallest absolute Gasteiger partial charge is 0.312 e.